The summed E-state index contributed by atoms with van der Waals surface area (Å²) < 4.78 is 5.76. The van der Waals surface area contributed by atoms with Crippen LogP contribution in [-0.2, 0) is 14.3 Å². The Kier molecular flexibility index (Phi) is 4.74. The van der Waals surface area contributed by atoms with Crippen molar-refractivity contribution in [2.75, 3.05) is 0 Å². The lowest BCUT2D eigenvalue weighted by atomic mass is 9.45. The van der Waals surface area contributed by atoms with Crippen molar-refractivity contribution in [3.63, 3.8) is 0 Å². The molecule has 0 aromatic heterocycles. The molecule has 5 aliphatic rings. The number of carbonyl (C=O) groups is 2. The lowest BCUT2D eigenvalue weighted by Gasteiger charge is -2.60. The Labute approximate surface area is 191 Å². The van der Waals surface area contributed by atoms with Crippen LogP contribution in [0.3, 0.4) is 0 Å². The van der Waals surface area contributed by atoms with Gasteiger partial charge in [-0.05, 0) is 93.8 Å². The number of halogens is 2. The molecule has 0 spiro atoms. The van der Waals surface area contributed by atoms with E-state index in [0.717, 1.165) is 50.4 Å². The van der Waals surface area contributed by atoms with Crippen LogP contribution >= 0.6 is 31.9 Å². The van der Waals surface area contributed by atoms with E-state index in [9.17, 15) is 9.59 Å². The van der Waals surface area contributed by atoms with E-state index in [4.69, 9.17) is 4.74 Å². The molecule has 8 atom stereocenters. The average molecular weight is 530 g/mol. The Morgan fingerprint density at radius 3 is 2.41 bits per heavy atom. The van der Waals surface area contributed by atoms with Crippen molar-refractivity contribution in [3.05, 3.63) is 0 Å². The van der Waals surface area contributed by atoms with Crippen LogP contribution in [0.1, 0.15) is 85.0 Å². The van der Waals surface area contributed by atoms with Gasteiger partial charge in [0.1, 0.15) is 11.9 Å². The molecule has 0 N–H and O–H groups in total. The van der Waals surface area contributed by atoms with Gasteiger partial charge in [0.05, 0.1) is 8.65 Å². The molecule has 5 saturated carbocycles. The van der Waals surface area contributed by atoms with Crippen molar-refractivity contribution in [2.45, 2.75) is 94.3 Å². The first kappa shape index (κ1) is 21.0. The highest BCUT2D eigenvalue weighted by Gasteiger charge is 2.68. The molecule has 29 heavy (non-hydrogen) atoms. The molecule has 3 nitrogen and oxygen atoms in total. The van der Waals surface area contributed by atoms with Gasteiger partial charge in [0, 0.05) is 11.8 Å². The number of rotatable bonds is 2. The van der Waals surface area contributed by atoms with Crippen LogP contribution in [0.15, 0.2) is 0 Å². The lowest BCUT2D eigenvalue weighted by Crippen LogP contribution is -2.54. The van der Waals surface area contributed by atoms with Crippen LogP contribution in [0.5, 0.6) is 0 Å². The summed E-state index contributed by atoms with van der Waals surface area (Å²) in [6, 6.07) is 0. The fourth-order valence-corrected chi connectivity index (χ4v) is 9.44. The predicted octanol–water partition coefficient (Wildman–Crippen LogP) is 6.41. The van der Waals surface area contributed by atoms with Gasteiger partial charge in [0.15, 0.2) is 0 Å². The van der Waals surface area contributed by atoms with Crippen LogP contribution in [0, 0.1) is 39.9 Å². The van der Waals surface area contributed by atoms with E-state index in [2.05, 4.69) is 45.7 Å². The fraction of sp³-hybridized carbons (Fsp3) is 0.917. The number of Topliss-reactive ketones (excluding diaryl/α,β-unsaturated/α-hetero) is 1. The highest BCUT2D eigenvalue weighted by atomic mass is 79.9. The molecule has 162 valence electrons. The molecule has 5 fully saturated rings. The zero-order valence-electron chi connectivity index (χ0n) is 17.9. The number of esters is 1. The molecular formula is C24H34Br2O3. The van der Waals surface area contributed by atoms with E-state index in [-0.39, 0.29) is 20.7 Å². The SMILES string of the molecule is CC12CCC3C(CCC4CC(OC(=O)C5(C)CC5(Br)Br)CCC43C)C1CCC2=O. The molecule has 5 aliphatic carbocycles. The molecule has 0 bridgehead atoms. The maximum atomic E-state index is 12.8. The van der Waals surface area contributed by atoms with Crippen molar-refractivity contribution >= 4 is 43.6 Å². The molecule has 0 aromatic carbocycles. The molecule has 5 heteroatoms. The van der Waals surface area contributed by atoms with Crippen molar-refractivity contribution in [2.24, 2.45) is 39.9 Å². The summed E-state index contributed by atoms with van der Waals surface area (Å²) in [5.74, 6) is 3.23. The van der Waals surface area contributed by atoms with Gasteiger partial charge in [-0.1, -0.05) is 45.7 Å². The van der Waals surface area contributed by atoms with Gasteiger partial charge in [-0.25, -0.2) is 0 Å². The average Bonchev–Trinajstić information content (AvgIpc) is 3.03. The van der Waals surface area contributed by atoms with Gasteiger partial charge in [0.2, 0.25) is 0 Å². The number of ketones is 1. The molecule has 0 amide bonds. The molecule has 0 heterocycles. The van der Waals surface area contributed by atoms with E-state index in [1.165, 1.54) is 25.7 Å². The van der Waals surface area contributed by atoms with Crippen LogP contribution in [0.25, 0.3) is 0 Å². The topological polar surface area (TPSA) is 43.4 Å². The van der Waals surface area contributed by atoms with E-state index in [0.29, 0.717) is 23.0 Å². The number of hydrogen-bond acceptors (Lipinski definition) is 3. The summed E-state index contributed by atoms with van der Waals surface area (Å²) in [6.07, 6.45) is 10.8. The quantitative estimate of drug-likeness (QED) is 0.306. The summed E-state index contributed by atoms with van der Waals surface area (Å²) in [7, 11) is 0. The number of hydrogen-bond donors (Lipinski definition) is 0. The normalized spacial score (nSPS) is 52.9. The van der Waals surface area contributed by atoms with Crippen molar-refractivity contribution in [3.8, 4) is 0 Å². The van der Waals surface area contributed by atoms with Gasteiger partial charge >= 0.3 is 5.97 Å². The van der Waals surface area contributed by atoms with E-state index >= 15 is 0 Å². The zero-order valence-corrected chi connectivity index (χ0v) is 21.1. The number of ether oxygens (including phenoxy) is 1. The number of alkyl halides is 2. The summed E-state index contributed by atoms with van der Waals surface area (Å²) in [5.41, 5.74) is -0.111. The van der Waals surface area contributed by atoms with Gasteiger partial charge in [-0.15, -0.1) is 0 Å². The van der Waals surface area contributed by atoms with Crippen molar-refractivity contribution in [1.82, 2.24) is 0 Å². The predicted molar refractivity (Wildman–Crippen MR) is 120 cm³/mol. The molecule has 8 unspecified atom stereocenters. The molecule has 0 aromatic rings. The highest BCUT2D eigenvalue weighted by molar-refractivity contribution is 9.25. The molecular weight excluding hydrogens is 496 g/mol. The number of carbonyl (C=O) groups excluding carboxylic acids is 2. The minimum absolute atomic E-state index is 0.0331. The van der Waals surface area contributed by atoms with Gasteiger partial charge in [0.25, 0.3) is 0 Å². The highest BCUT2D eigenvalue weighted by Crippen LogP contribution is 2.68. The minimum Gasteiger partial charge on any atom is -0.462 e. The molecule has 5 rings (SSSR count). The summed E-state index contributed by atoms with van der Waals surface area (Å²) in [4.78, 5) is 25.3. The summed E-state index contributed by atoms with van der Waals surface area (Å²) >= 11 is 7.20. The third-order valence-electron chi connectivity index (χ3n) is 10.3. The smallest absolute Gasteiger partial charge is 0.314 e. The van der Waals surface area contributed by atoms with E-state index < -0.39 is 5.41 Å². The fourth-order valence-electron chi connectivity index (χ4n) is 8.00. The Morgan fingerprint density at radius 2 is 1.72 bits per heavy atom. The Morgan fingerprint density at radius 1 is 1.00 bits per heavy atom. The van der Waals surface area contributed by atoms with Crippen LogP contribution in [0.4, 0.5) is 0 Å². The van der Waals surface area contributed by atoms with Crippen LogP contribution in [0.2, 0.25) is 0 Å². The monoisotopic (exact) mass is 528 g/mol. The molecule has 0 aliphatic heterocycles. The zero-order chi connectivity index (χ0) is 20.8. The Hall–Kier alpha value is 0.1000. The lowest BCUT2D eigenvalue weighted by molar-refractivity contribution is -0.167. The summed E-state index contributed by atoms with van der Waals surface area (Å²) in [5, 5.41) is 0. The second-order valence-corrected chi connectivity index (χ2v) is 15.4. The maximum absolute atomic E-state index is 12.8. The van der Waals surface area contributed by atoms with E-state index in [1.807, 2.05) is 6.92 Å². The van der Waals surface area contributed by atoms with Gasteiger partial charge < -0.3 is 4.74 Å². The third-order valence-corrected chi connectivity index (χ3v) is 12.6. The van der Waals surface area contributed by atoms with E-state index in [1.54, 1.807) is 0 Å². The van der Waals surface area contributed by atoms with Crippen molar-refractivity contribution in [1.29, 1.82) is 0 Å². The second-order valence-electron chi connectivity index (χ2n) is 11.6. The van der Waals surface area contributed by atoms with Crippen LogP contribution < -0.4 is 0 Å². The van der Waals surface area contributed by atoms with Crippen LogP contribution in [-0.4, -0.2) is 21.1 Å². The Bertz CT molecular complexity index is 750. The summed E-state index contributed by atoms with van der Waals surface area (Å²) in [6.45, 7) is 6.77. The van der Waals surface area contributed by atoms with Crippen molar-refractivity contribution < 1.29 is 14.3 Å². The first-order chi connectivity index (χ1) is 13.5. The first-order valence-corrected chi connectivity index (χ1v) is 13.2. The second kappa shape index (κ2) is 6.56. The third kappa shape index (κ3) is 2.91. The van der Waals surface area contributed by atoms with Gasteiger partial charge in [-0.2, -0.15) is 0 Å². The standard InChI is InChI=1S/C24H34Br2O3/c1-21-10-8-15(29-20(28)23(3)13-24(23,25)26)12-14(21)4-5-16-17-6-7-19(27)22(17,2)11-9-18(16)21/h14-18H,4-13H2,1-3H3. The largest absolute Gasteiger partial charge is 0.462 e. The van der Waals surface area contributed by atoms with Gasteiger partial charge in [-0.3, -0.25) is 9.59 Å². The molecule has 0 saturated heterocycles. The first-order valence-electron chi connectivity index (χ1n) is 11.6. The molecule has 0 radical (unpaired) electrons. The Balaban J connectivity index is 1.28. The number of fused-ring (bicyclic) bond motifs is 5. The maximum Gasteiger partial charge on any atom is 0.314 e. The minimum atomic E-state index is -0.436.